The van der Waals surface area contributed by atoms with Crippen molar-refractivity contribution in [3.8, 4) is 0 Å². The van der Waals surface area contributed by atoms with Crippen LogP contribution in [0.15, 0.2) is 34.2 Å². The van der Waals surface area contributed by atoms with Gasteiger partial charge in [0.2, 0.25) is 0 Å². The lowest BCUT2D eigenvalue weighted by Crippen LogP contribution is -1.97. The number of nitrogens with zero attached hydrogens (tertiary/aromatic N) is 1. The van der Waals surface area contributed by atoms with Crippen LogP contribution in [0.4, 0.5) is 0 Å². The van der Waals surface area contributed by atoms with Gasteiger partial charge in [0.05, 0.1) is 18.9 Å². The van der Waals surface area contributed by atoms with E-state index in [4.69, 9.17) is 4.74 Å². The molecule has 1 N–H and O–H groups in total. The Kier molecular flexibility index (Phi) is 6.66. The molecule has 108 valence electrons. The number of benzene rings is 1. The summed E-state index contributed by atoms with van der Waals surface area (Å²) in [5.41, 5.74) is 2.01. The van der Waals surface area contributed by atoms with Gasteiger partial charge in [-0.15, -0.1) is 11.3 Å². The maximum absolute atomic E-state index is 9.20. The Balaban J connectivity index is 1.62. The van der Waals surface area contributed by atoms with Crippen molar-refractivity contribution < 1.29 is 9.84 Å². The molecule has 5 heteroatoms. The Morgan fingerprint density at radius 1 is 1.20 bits per heavy atom. The van der Waals surface area contributed by atoms with E-state index in [-0.39, 0.29) is 6.61 Å². The highest BCUT2D eigenvalue weighted by Gasteiger charge is 2.08. The fourth-order valence-electron chi connectivity index (χ4n) is 1.92. The lowest BCUT2D eigenvalue weighted by molar-refractivity contribution is 0.117. The molecular weight excluding hydrogens is 338 g/mol. The molecule has 0 radical (unpaired) electrons. The van der Waals surface area contributed by atoms with Crippen LogP contribution in [0.2, 0.25) is 0 Å². The SMILES string of the molecule is OCc1nc(Br)sc1CCCCOCc1ccccc1. The van der Waals surface area contributed by atoms with Gasteiger partial charge in [0, 0.05) is 11.5 Å². The second-order valence-corrected chi connectivity index (χ2v) is 6.85. The van der Waals surface area contributed by atoms with Crippen molar-refractivity contribution >= 4 is 27.3 Å². The number of aromatic nitrogens is 1. The molecule has 0 atom stereocenters. The predicted octanol–water partition coefficient (Wildman–Crippen LogP) is 3.94. The summed E-state index contributed by atoms with van der Waals surface area (Å²) in [4.78, 5) is 5.41. The van der Waals surface area contributed by atoms with Gasteiger partial charge >= 0.3 is 0 Å². The number of aliphatic hydroxyl groups excluding tert-OH is 1. The molecule has 2 aromatic rings. The zero-order chi connectivity index (χ0) is 14.2. The first-order valence-electron chi connectivity index (χ1n) is 6.66. The van der Waals surface area contributed by atoms with Gasteiger partial charge in [-0.1, -0.05) is 30.3 Å². The molecule has 20 heavy (non-hydrogen) atoms. The summed E-state index contributed by atoms with van der Waals surface area (Å²) >= 11 is 4.96. The van der Waals surface area contributed by atoms with Gasteiger partial charge < -0.3 is 9.84 Å². The maximum atomic E-state index is 9.20. The van der Waals surface area contributed by atoms with E-state index >= 15 is 0 Å². The van der Waals surface area contributed by atoms with Gasteiger partial charge in [0.1, 0.15) is 0 Å². The number of hydrogen-bond acceptors (Lipinski definition) is 4. The van der Waals surface area contributed by atoms with Crippen LogP contribution in [-0.4, -0.2) is 16.7 Å². The van der Waals surface area contributed by atoms with E-state index < -0.39 is 0 Å². The van der Waals surface area contributed by atoms with Crippen LogP contribution in [0.5, 0.6) is 0 Å². The molecule has 1 aromatic carbocycles. The van der Waals surface area contributed by atoms with Crippen LogP contribution in [-0.2, 0) is 24.4 Å². The minimum atomic E-state index is 0.0158. The number of ether oxygens (including phenoxy) is 1. The Morgan fingerprint density at radius 2 is 2.00 bits per heavy atom. The average molecular weight is 356 g/mol. The summed E-state index contributed by atoms with van der Waals surface area (Å²) in [5, 5.41) is 9.20. The van der Waals surface area contributed by atoms with Gasteiger partial charge in [-0.05, 0) is 40.8 Å². The molecule has 0 saturated heterocycles. The fraction of sp³-hybridized carbons (Fsp3) is 0.400. The van der Waals surface area contributed by atoms with Crippen molar-refractivity contribution in [2.75, 3.05) is 6.61 Å². The van der Waals surface area contributed by atoms with Gasteiger partial charge in [-0.25, -0.2) is 4.98 Å². The molecule has 0 unspecified atom stereocenters. The molecule has 0 aliphatic rings. The molecule has 1 heterocycles. The summed E-state index contributed by atoms with van der Waals surface area (Å²) in [7, 11) is 0. The fourth-order valence-corrected chi connectivity index (χ4v) is 3.56. The van der Waals surface area contributed by atoms with E-state index in [2.05, 4.69) is 33.0 Å². The molecule has 0 aliphatic carbocycles. The van der Waals surface area contributed by atoms with Crippen LogP contribution in [0, 0.1) is 0 Å². The van der Waals surface area contributed by atoms with Crippen molar-refractivity contribution in [1.29, 1.82) is 0 Å². The van der Waals surface area contributed by atoms with Gasteiger partial charge in [0.15, 0.2) is 3.92 Å². The summed E-state index contributed by atoms with van der Waals surface area (Å²) < 4.78 is 6.49. The zero-order valence-corrected chi connectivity index (χ0v) is 13.6. The largest absolute Gasteiger partial charge is 0.390 e. The summed E-state index contributed by atoms with van der Waals surface area (Å²) in [5.74, 6) is 0. The van der Waals surface area contributed by atoms with Gasteiger partial charge in [0.25, 0.3) is 0 Å². The van der Waals surface area contributed by atoms with E-state index in [1.54, 1.807) is 11.3 Å². The van der Waals surface area contributed by atoms with Crippen molar-refractivity contribution in [1.82, 2.24) is 4.98 Å². The number of unbranched alkanes of at least 4 members (excludes halogenated alkanes) is 1. The first-order chi connectivity index (χ1) is 9.79. The third-order valence-electron chi connectivity index (χ3n) is 2.96. The molecule has 3 nitrogen and oxygen atoms in total. The number of rotatable bonds is 8. The Hall–Kier alpha value is -0.750. The van der Waals surface area contributed by atoms with Crippen molar-refractivity contribution in [2.24, 2.45) is 0 Å². The second-order valence-electron chi connectivity index (χ2n) is 4.49. The number of hydrogen-bond donors (Lipinski definition) is 1. The molecule has 1 aromatic heterocycles. The number of aryl methyl sites for hydroxylation is 1. The summed E-state index contributed by atoms with van der Waals surface area (Å²) in [6, 6.07) is 10.2. The normalized spacial score (nSPS) is 10.9. The predicted molar refractivity (Wildman–Crippen MR) is 84.8 cm³/mol. The molecule has 0 bridgehead atoms. The highest BCUT2D eigenvalue weighted by atomic mass is 79.9. The topological polar surface area (TPSA) is 42.4 Å². The van der Waals surface area contributed by atoms with Crippen LogP contribution in [0.3, 0.4) is 0 Å². The van der Waals surface area contributed by atoms with Crippen LogP contribution in [0.1, 0.15) is 29.0 Å². The third kappa shape index (κ3) is 4.98. The van der Waals surface area contributed by atoms with Crippen molar-refractivity contribution in [3.63, 3.8) is 0 Å². The highest BCUT2D eigenvalue weighted by Crippen LogP contribution is 2.24. The smallest absolute Gasteiger partial charge is 0.159 e. The monoisotopic (exact) mass is 355 g/mol. The molecule has 0 fully saturated rings. The Morgan fingerprint density at radius 3 is 2.75 bits per heavy atom. The lowest BCUT2D eigenvalue weighted by atomic mass is 10.2. The van der Waals surface area contributed by atoms with E-state index in [1.807, 2.05) is 18.2 Å². The number of aliphatic hydroxyl groups is 1. The first-order valence-corrected chi connectivity index (χ1v) is 8.27. The van der Waals surface area contributed by atoms with Gasteiger partial charge in [-0.2, -0.15) is 0 Å². The molecule has 0 aliphatic heterocycles. The number of halogens is 1. The zero-order valence-electron chi connectivity index (χ0n) is 11.2. The molecular formula is C15H18BrNO2S. The van der Waals surface area contributed by atoms with Crippen molar-refractivity contribution in [3.05, 3.63) is 50.4 Å². The Bertz CT molecular complexity index is 516. The summed E-state index contributed by atoms with van der Waals surface area (Å²) in [6.07, 6.45) is 3.03. The van der Waals surface area contributed by atoms with E-state index in [0.717, 1.165) is 35.5 Å². The van der Waals surface area contributed by atoms with Crippen LogP contribution >= 0.6 is 27.3 Å². The van der Waals surface area contributed by atoms with Crippen LogP contribution in [0.25, 0.3) is 0 Å². The molecule has 2 rings (SSSR count). The summed E-state index contributed by atoms with van der Waals surface area (Å²) in [6.45, 7) is 1.46. The van der Waals surface area contributed by atoms with Gasteiger partial charge in [-0.3, -0.25) is 0 Å². The third-order valence-corrected chi connectivity index (χ3v) is 4.56. The maximum Gasteiger partial charge on any atom is 0.159 e. The van der Waals surface area contributed by atoms with E-state index in [1.165, 1.54) is 10.4 Å². The van der Waals surface area contributed by atoms with E-state index in [0.29, 0.717) is 6.61 Å². The minimum absolute atomic E-state index is 0.0158. The number of thiazole rings is 1. The molecule has 0 saturated carbocycles. The lowest BCUT2D eigenvalue weighted by Gasteiger charge is -2.04. The minimum Gasteiger partial charge on any atom is -0.390 e. The molecule has 0 spiro atoms. The van der Waals surface area contributed by atoms with Crippen LogP contribution < -0.4 is 0 Å². The first kappa shape index (κ1) is 15.6. The Labute approximate surface area is 131 Å². The highest BCUT2D eigenvalue weighted by molar-refractivity contribution is 9.11. The quantitative estimate of drug-likeness (QED) is 0.729. The average Bonchev–Trinajstić information content (AvgIpc) is 2.84. The molecule has 0 amide bonds. The van der Waals surface area contributed by atoms with E-state index in [9.17, 15) is 5.11 Å². The second kappa shape index (κ2) is 8.52. The standard InChI is InChI=1S/C15H18BrNO2S/c16-15-17-13(10-18)14(20-15)8-4-5-9-19-11-12-6-2-1-3-7-12/h1-3,6-7,18H,4-5,8-11H2. The van der Waals surface area contributed by atoms with Crippen molar-refractivity contribution in [2.45, 2.75) is 32.5 Å².